The normalized spacial score (nSPS) is 10.3. The van der Waals surface area contributed by atoms with E-state index in [4.69, 9.17) is 11.6 Å². The Kier molecular flexibility index (Phi) is 3.97. The minimum absolute atomic E-state index is 0.818. The van der Waals surface area contributed by atoms with Gasteiger partial charge < -0.3 is 5.32 Å². The average Bonchev–Trinajstić information content (AvgIpc) is 2.34. The molecule has 1 nitrogen and oxygen atoms in total. The minimum Gasteiger partial charge on any atom is -0.388 e. The zero-order chi connectivity index (χ0) is 12.3. The number of halogens is 1. The van der Waals surface area contributed by atoms with Crippen LogP contribution in [0.3, 0.4) is 0 Å². The highest BCUT2D eigenvalue weighted by atomic mass is 35.5. The Bertz CT molecular complexity index is 525. The molecule has 0 aliphatic rings. The first-order chi connectivity index (χ1) is 8.19. The number of rotatable bonds is 3. The first kappa shape index (κ1) is 12.3. The van der Waals surface area contributed by atoms with Gasteiger partial charge in [-0.1, -0.05) is 29.4 Å². The topological polar surface area (TPSA) is 12.0 Å². The molecule has 0 saturated carbocycles. The van der Waals surface area contributed by atoms with Gasteiger partial charge in [0.05, 0.1) is 0 Å². The summed E-state index contributed by atoms with van der Waals surface area (Å²) in [5, 5.41) is 3.96. The van der Waals surface area contributed by atoms with E-state index in [2.05, 4.69) is 35.6 Å². The summed E-state index contributed by atoms with van der Waals surface area (Å²) >= 11 is 7.75. The van der Waals surface area contributed by atoms with Crippen molar-refractivity contribution in [2.75, 3.05) is 12.4 Å². The van der Waals surface area contributed by atoms with Crippen molar-refractivity contribution >= 4 is 29.1 Å². The second kappa shape index (κ2) is 5.48. The Morgan fingerprint density at radius 1 is 1.06 bits per heavy atom. The summed E-state index contributed by atoms with van der Waals surface area (Å²) < 4.78 is 0. The van der Waals surface area contributed by atoms with Crippen LogP contribution in [-0.2, 0) is 0 Å². The summed E-state index contributed by atoms with van der Waals surface area (Å²) in [6, 6.07) is 14.4. The zero-order valence-corrected chi connectivity index (χ0v) is 11.4. The Balaban J connectivity index is 2.22. The molecule has 0 heterocycles. The van der Waals surface area contributed by atoms with Crippen LogP contribution in [0.5, 0.6) is 0 Å². The maximum atomic E-state index is 6.01. The Morgan fingerprint density at radius 3 is 2.53 bits per heavy atom. The number of hydrogen-bond donors (Lipinski definition) is 1. The van der Waals surface area contributed by atoms with Gasteiger partial charge in [-0.25, -0.2) is 0 Å². The number of hydrogen-bond acceptors (Lipinski definition) is 2. The van der Waals surface area contributed by atoms with Crippen molar-refractivity contribution in [3.05, 3.63) is 53.1 Å². The van der Waals surface area contributed by atoms with Gasteiger partial charge in [0.15, 0.2) is 0 Å². The molecule has 2 aromatic rings. The third-order valence-corrected chi connectivity index (χ3v) is 3.89. The van der Waals surface area contributed by atoms with E-state index in [9.17, 15) is 0 Å². The van der Waals surface area contributed by atoms with Crippen molar-refractivity contribution < 1.29 is 0 Å². The molecule has 88 valence electrons. The van der Waals surface area contributed by atoms with Gasteiger partial charge in [0.2, 0.25) is 0 Å². The number of anilines is 1. The summed E-state index contributed by atoms with van der Waals surface area (Å²) in [7, 11) is 1.93. The van der Waals surface area contributed by atoms with Crippen LogP contribution in [0.2, 0.25) is 5.02 Å². The molecule has 0 aromatic heterocycles. The summed E-state index contributed by atoms with van der Waals surface area (Å²) in [6.07, 6.45) is 0. The van der Waals surface area contributed by atoms with Gasteiger partial charge in [-0.3, -0.25) is 0 Å². The monoisotopic (exact) mass is 263 g/mol. The molecule has 0 bridgehead atoms. The number of aryl methyl sites for hydroxylation is 1. The molecule has 0 atom stereocenters. The molecule has 0 fully saturated rings. The van der Waals surface area contributed by atoms with E-state index < -0.39 is 0 Å². The Hall–Kier alpha value is -1.12. The molecule has 0 radical (unpaired) electrons. The third-order valence-electron chi connectivity index (χ3n) is 2.49. The lowest BCUT2D eigenvalue weighted by Gasteiger charge is -2.06. The highest BCUT2D eigenvalue weighted by Gasteiger charge is 2.01. The molecule has 3 heteroatoms. The van der Waals surface area contributed by atoms with Crippen LogP contribution in [0.4, 0.5) is 5.69 Å². The maximum Gasteiger partial charge on any atom is 0.0435 e. The molecule has 2 aromatic carbocycles. The molecule has 0 spiro atoms. The summed E-state index contributed by atoms with van der Waals surface area (Å²) in [5.74, 6) is 0. The zero-order valence-electron chi connectivity index (χ0n) is 9.83. The van der Waals surface area contributed by atoms with Gasteiger partial charge >= 0.3 is 0 Å². The fourth-order valence-corrected chi connectivity index (χ4v) is 2.63. The smallest absolute Gasteiger partial charge is 0.0435 e. The molecular formula is C14H14ClNS. The van der Waals surface area contributed by atoms with Gasteiger partial charge in [-0.15, -0.1) is 0 Å². The molecule has 0 unspecified atom stereocenters. The summed E-state index contributed by atoms with van der Waals surface area (Å²) in [5.41, 5.74) is 2.24. The lowest BCUT2D eigenvalue weighted by molar-refractivity contribution is 1.34. The fraction of sp³-hybridized carbons (Fsp3) is 0.143. The molecule has 0 aliphatic carbocycles. The highest BCUT2D eigenvalue weighted by Crippen LogP contribution is 2.31. The Labute approximate surface area is 111 Å². The van der Waals surface area contributed by atoms with Crippen molar-refractivity contribution in [2.45, 2.75) is 16.7 Å². The first-order valence-electron chi connectivity index (χ1n) is 5.41. The fourth-order valence-electron chi connectivity index (χ4n) is 1.53. The molecule has 0 amide bonds. The predicted molar refractivity (Wildman–Crippen MR) is 76.3 cm³/mol. The SMILES string of the molecule is CNc1cccc(Sc2ccc(Cl)c(C)c2)c1. The second-order valence-corrected chi connectivity index (χ2v) is 5.35. The standard InChI is InChI=1S/C14H14ClNS/c1-10-8-13(6-7-14(10)15)17-12-5-3-4-11(9-12)16-2/h3-9,16H,1-2H3. The van der Waals surface area contributed by atoms with Crippen molar-refractivity contribution in [3.63, 3.8) is 0 Å². The quantitative estimate of drug-likeness (QED) is 0.850. The van der Waals surface area contributed by atoms with Crippen LogP contribution in [0, 0.1) is 6.92 Å². The molecule has 2 rings (SSSR count). The van der Waals surface area contributed by atoms with Crippen molar-refractivity contribution in [3.8, 4) is 0 Å². The van der Waals surface area contributed by atoms with E-state index in [1.54, 1.807) is 11.8 Å². The van der Waals surface area contributed by atoms with Gasteiger partial charge in [0.25, 0.3) is 0 Å². The van der Waals surface area contributed by atoms with Crippen LogP contribution in [0.1, 0.15) is 5.56 Å². The van der Waals surface area contributed by atoms with Crippen LogP contribution in [-0.4, -0.2) is 7.05 Å². The number of nitrogens with one attached hydrogen (secondary N) is 1. The Morgan fingerprint density at radius 2 is 1.82 bits per heavy atom. The van der Waals surface area contributed by atoms with Gasteiger partial charge in [-0.2, -0.15) is 0 Å². The lowest BCUT2D eigenvalue weighted by Crippen LogP contribution is -1.86. The van der Waals surface area contributed by atoms with Crippen molar-refractivity contribution in [1.29, 1.82) is 0 Å². The highest BCUT2D eigenvalue weighted by molar-refractivity contribution is 7.99. The van der Waals surface area contributed by atoms with E-state index in [-0.39, 0.29) is 0 Å². The van der Waals surface area contributed by atoms with Crippen LogP contribution in [0.15, 0.2) is 52.3 Å². The molecule has 1 N–H and O–H groups in total. The average molecular weight is 264 g/mol. The molecule has 17 heavy (non-hydrogen) atoms. The minimum atomic E-state index is 0.818. The predicted octanol–water partition coefficient (Wildman–Crippen LogP) is 4.84. The largest absolute Gasteiger partial charge is 0.388 e. The summed E-state index contributed by atoms with van der Waals surface area (Å²) in [4.78, 5) is 2.43. The lowest BCUT2D eigenvalue weighted by atomic mass is 10.2. The maximum absolute atomic E-state index is 6.01. The van der Waals surface area contributed by atoms with Crippen LogP contribution < -0.4 is 5.32 Å². The van der Waals surface area contributed by atoms with Gasteiger partial charge in [0, 0.05) is 27.5 Å². The van der Waals surface area contributed by atoms with Crippen molar-refractivity contribution in [2.24, 2.45) is 0 Å². The van der Waals surface area contributed by atoms with Gasteiger partial charge in [0.1, 0.15) is 0 Å². The molecule has 0 saturated heterocycles. The van der Waals surface area contributed by atoms with Crippen molar-refractivity contribution in [1.82, 2.24) is 0 Å². The van der Waals surface area contributed by atoms with E-state index in [1.807, 2.05) is 26.1 Å². The van der Waals surface area contributed by atoms with E-state index in [0.29, 0.717) is 0 Å². The second-order valence-electron chi connectivity index (χ2n) is 3.79. The van der Waals surface area contributed by atoms with Crippen LogP contribution >= 0.6 is 23.4 Å². The molecule has 0 aliphatic heterocycles. The van der Waals surface area contributed by atoms with Crippen LogP contribution in [0.25, 0.3) is 0 Å². The van der Waals surface area contributed by atoms with E-state index >= 15 is 0 Å². The van der Waals surface area contributed by atoms with E-state index in [0.717, 1.165) is 16.3 Å². The number of benzene rings is 2. The van der Waals surface area contributed by atoms with E-state index in [1.165, 1.54) is 9.79 Å². The molecular weight excluding hydrogens is 250 g/mol. The first-order valence-corrected chi connectivity index (χ1v) is 6.60. The third kappa shape index (κ3) is 3.18. The van der Waals surface area contributed by atoms with Gasteiger partial charge in [-0.05, 0) is 48.9 Å². The summed E-state index contributed by atoms with van der Waals surface area (Å²) in [6.45, 7) is 2.02.